The highest BCUT2D eigenvalue weighted by atomic mass is 16.5. The maximum Gasteiger partial charge on any atom is 0.328 e. The lowest BCUT2D eigenvalue weighted by molar-refractivity contribution is -0.131. The van der Waals surface area contributed by atoms with Crippen LogP contribution < -0.4 is 0 Å². The largest absolute Gasteiger partial charge is 0.478 e. The Morgan fingerprint density at radius 1 is 1.30 bits per heavy atom. The average molecular weight is 367 g/mol. The molecule has 3 nitrogen and oxygen atoms in total. The smallest absolute Gasteiger partial charge is 0.328 e. The zero-order valence-electron chi connectivity index (χ0n) is 16.7. The Kier molecular flexibility index (Phi) is 4.54. The monoisotopic (exact) mass is 366 g/mol. The van der Waals surface area contributed by atoms with Gasteiger partial charge in [-0.05, 0) is 55.2 Å². The molecule has 3 heteroatoms. The van der Waals surface area contributed by atoms with Crippen LogP contribution in [0.15, 0.2) is 41.5 Å². The van der Waals surface area contributed by atoms with E-state index in [1.165, 1.54) is 24.5 Å². The molecule has 4 rings (SSSR count). The first kappa shape index (κ1) is 18.5. The molecule has 0 aromatic heterocycles. The number of allylic oxidation sites excluding steroid dienone is 1. The maximum atomic E-state index is 10.8. The number of carboxylic acids is 1. The third-order valence-electron chi connectivity index (χ3n) is 7.31. The molecule has 2 heterocycles. The first-order chi connectivity index (χ1) is 12.8. The van der Waals surface area contributed by atoms with Crippen LogP contribution in [0.25, 0.3) is 6.08 Å². The van der Waals surface area contributed by atoms with Gasteiger partial charge in [0.15, 0.2) is 0 Å². The van der Waals surface area contributed by atoms with Crippen LogP contribution in [0.1, 0.15) is 64.0 Å². The minimum absolute atomic E-state index is 0.111. The Labute approximate surface area is 162 Å². The fraction of sp³-hybridized carbons (Fsp3) is 0.542. The quantitative estimate of drug-likeness (QED) is 0.571. The maximum absolute atomic E-state index is 10.8. The summed E-state index contributed by atoms with van der Waals surface area (Å²) in [5.41, 5.74) is 5.33. The van der Waals surface area contributed by atoms with Crippen LogP contribution in [0.5, 0.6) is 0 Å². The van der Waals surface area contributed by atoms with E-state index in [-0.39, 0.29) is 5.60 Å². The number of aliphatic carboxylic acids is 1. The average Bonchev–Trinajstić information content (AvgIpc) is 3.16. The number of hydrogen-bond acceptors (Lipinski definition) is 2. The Morgan fingerprint density at radius 2 is 2.00 bits per heavy atom. The van der Waals surface area contributed by atoms with Crippen LogP contribution in [0.3, 0.4) is 0 Å². The number of carbonyl (C=O) groups is 1. The van der Waals surface area contributed by atoms with Gasteiger partial charge in [-0.1, -0.05) is 56.2 Å². The molecule has 0 saturated carbocycles. The van der Waals surface area contributed by atoms with Gasteiger partial charge < -0.3 is 9.84 Å². The van der Waals surface area contributed by atoms with Crippen LogP contribution in [0.2, 0.25) is 0 Å². The molecule has 3 aliphatic rings. The highest BCUT2D eigenvalue weighted by molar-refractivity contribution is 5.85. The van der Waals surface area contributed by atoms with Gasteiger partial charge in [0, 0.05) is 17.9 Å². The van der Waals surface area contributed by atoms with Crippen molar-refractivity contribution >= 4 is 12.0 Å². The topological polar surface area (TPSA) is 46.5 Å². The lowest BCUT2D eigenvalue weighted by Gasteiger charge is -2.48. The molecule has 5 unspecified atom stereocenters. The Morgan fingerprint density at radius 3 is 2.63 bits per heavy atom. The molecule has 2 aliphatic heterocycles. The summed E-state index contributed by atoms with van der Waals surface area (Å²) in [6, 6.07) is 8.43. The summed E-state index contributed by atoms with van der Waals surface area (Å²) in [5, 5.41) is 8.85. The molecule has 2 fully saturated rings. The van der Waals surface area contributed by atoms with E-state index in [1.807, 2.05) is 12.1 Å². The van der Waals surface area contributed by atoms with Crippen molar-refractivity contribution in [3.63, 3.8) is 0 Å². The summed E-state index contributed by atoms with van der Waals surface area (Å²) < 4.78 is 6.81. The first-order valence-electron chi connectivity index (χ1n) is 10.2. The Balaban J connectivity index is 1.78. The van der Waals surface area contributed by atoms with Crippen molar-refractivity contribution in [2.45, 2.75) is 64.6 Å². The van der Waals surface area contributed by atoms with Gasteiger partial charge in [0.2, 0.25) is 0 Å². The molecule has 1 N–H and O–H groups in total. The molecule has 0 amide bonds. The highest BCUT2D eigenvalue weighted by Gasteiger charge is 2.59. The summed E-state index contributed by atoms with van der Waals surface area (Å²) in [5.74, 6) is 1.04. The van der Waals surface area contributed by atoms with Crippen LogP contribution >= 0.6 is 0 Å². The van der Waals surface area contributed by atoms with Crippen LogP contribution in [-0.2, 0) is 9.53 Å². The molecule has 1 aliphatic carbocycles. The molecule has 0 radical (unpaired) electrons. The third kappa shape index (κ3) is 2.87. The summed E-state index contributed by atoms with van der Waals surface area (Å²) in [6.45, 7) is 9.28. The summed E-state index contributed by atoms with van der Waals surface area (Å²) >= 11 is 0. The molecular weight excluding hydrogens is 336 g/mol. The van der Waals surface area contributed by atoms with Gasteiger partial charge in [0.05, 0.1) is 11.7 Å². The van der Waals surface area contributed by atoms with Crippen LogP contribution in [-0.4, -0.2) is 22.8 Å². The van der Waals surface area contributed by atoms with E-state index in [2.05, 4.69) is 39.8 Å². The van der Waals surface area contributed by atoms with E-state index in [1.54, 1.807) is 17.2 Å². The van der Waals surface area contributed by atoms with Gasteiger partial charge in [-0.2, -0.15) is 0 Å². The van der Waals surface area contributed by atoms with Gasteiger partial charge in [-0.3, -0.25) is 0 Å². The van der Waals surface area contributed by atoms with Gasteiger partial charge in [0.25, 0.3) is 0 Å². The summed E-state index contributed by atoms with van der Waals surface area (Å²) in [4.78, 5) is 10.8. The molecule has 1 aromatic rings. The van der Waals surface area contributed by atoms with Crippen molar-refractivity contribution in [1.82, 2.24) is 0 Å². The Hall–Kier alpha value is -1.87. The van der Waals surface area contributed by atoms with E-state index in [0.29, 0.717) is 29.8 Å². The molecule has 5 atom stereocenters. The van der Waals surface area contributed by atoms with Crippen molar-refractivity contribution in [2.75, 3.05) is 0 Å². The van der Waals surface area contributed by atoms with Crippen LogP contribution in [0.4, 0.5) is 0 Å². The summed E-state index contributed by atoms with van der Waals surface area (Å²) in [6.07, 6.45) is 6.74. The zero-order valence-corrected chi connectivity index (χ0v) is 16.7. The number of hydrogen-bond donors (Lipinski definition) is 1. The zero-order chi connectivity index (χ0) is 19.3. The number of benzene rings is 1. The molecule has 0 spiro atoms. The fourth-order valence-electron chi connectivity index (χ4n) is 5.77. The van der Waals surface area contributed by atoms with Gasteiger partial charge >= 0.3 is 5.97 Å². The molecular formula is C24H30O3. The highest BCUT2D eigenvalue weighted by Crippen LogP contribution is 2.62. The lowest BCUT2D eigenvalue weighted by atomic mass is 9.67. The van der Waals surface area contributed by atoms with Crippen LogP contribution in [0, 0.1) is 17.8 Å². The molecule has 144 valence electrons. The second-order valence-electron chi connectivity index (χ2n) is 8.96. The van der Waals surface area contributed by atoms with Gasteiger partial charge in [-0.25, -0.2) is 4.79 Å². The van der Waals surface area contributed by atoms with Crippen molar-refractivity contribution in [2.24, 2.45) is 17.8 Å². The molecule has 2 bridgehead atoms. The number of carboxylic acid groups (broad SMARTS) is 1. The van der Waals surface area contributed by atoms with Crippen molar-refractivity contribution in [3.8, 4) is 0 Å². The fourth-order valence-corrected chi connectivity index (χ4v) is 5.77. The predicted molar refractivity (Wildman–Crippen MR) is 107 cm³/mol. The van der Waals surface area contributed by atoms with E-state index in [9.17, 15) is 4.79 Å². The SMILES string of the molecule is CC1=C2C(CC1C)C1CCC(C(C)C)(O1)C2c1ccc(C=CC(=O)O)cc1. The number of fused-ring (bicyclic) bond motifs is 4. The van der Waals surface area contributed by atoms with E-state index in [0.717, 1.165) is 12.0 Å². The predicted octanol–water partition coefficient (Wildman–Crippen LogP) is 5.43. The van der Waals surface area contributed by atoms with Crippen molar-refractivity contribution in [1.29, 1.82) is 0 Å². The second kappa shape index (κ2) is 6.63. The van der Waals surface area contributed by atoms with Crippen molar-refractivity contribution in [3.05, 3.63) is 52.6 Å². The lowest BCUT2D eigenvalue weighted by Crippen LogP contribution is -2.48. The normalized spacial score (nSPS) is 35.3. The Bertz CT molecular complexity index is 801. The minimum Gasteiger partial charge on any atom is -0.478 e. The molecule has 27 heavy (non-hydrogen) atoms. The van der Waals surface area contributed by atoms with Gasteiger partial charge in [-0.15, -0.1) is 0 Å². The second-order valence-corrected chi connectivity index (χ2v) is 8.96. The first-order valence-corrected chi connectivity index (χ1v) is 10.2. The minimum atomic E-state index is -0.918. The molecule has 1 aromatic carbocycles. The third-order valence-corrected chi connectivity index (χ3v) is 7.31. The van der Waals surface area contributed by atoms with Crippen molar-refractivity contribution < 1.29 is 14.6 Å². The molecule has 2 saturated heterocycles. The van der Waals surface area contributed by atoms with E-state index >= 15 is 0 Å². The standard InChI is InChI=1S/C24H30O3/c1-14(2)24-12-11-20(27-24)19-13-15(3)16(4)22(19)23(24)18-8-5-17(6-9-18)7-10-21(25)26/h5-10,14-15,19-20,23H,11-13H2,1-4H3,(H,25,26). The summed E-state index contributed by atoms with van der Waals surface area (Å²) in [7, 11) is 0. The number of ether oxygens (including phenoxy) is 1. The van der Waals surface area contributed by atoms with Gasteiger partial charge in [0.1, 0.15) is 0 Å². The van der Waals surface area contributed by atoms with E-state index < -0.39 is 5.97 Å². The number of rotatable bonds is 4. The van der Waals surface area contributed by atoms with E-state index in [4.69, 9.17) is 9.84 Å².